The first-order chi connectivity index (χ1) is 4.84. The third-order valence-electron chi connectivity index (χ3n) is 1.50. The Morgan fingerprint density at radius 3 is 2.90 bits per heavy atom. The molecule has 0 saturated heterocycles. The fourth-order valence-electron chi connectivity index (χ4n) is 0.938. The maximum Gasteiger partial charge on any atom is 0.176 e. The van der Waals surface area contributed by atoms with Crippen LogP contribution in [0, 0.1) is 0 Å². The van der Waals surface area contributed by atoms with Crippen molar-refractivity contribution in [2.45, 2.75) is 12.8 Å². The minimum absolute atomic E-state index is 0.0379. The van der Waals surface area contributed by atoms with Crippen LogP contribution in [0.5, 0.6) is 0 Å². The van der Waals surface area contributed by atoms with Gasteiger partial charge in [-0.15, -0.1) is 0 Å². The molecule has 0 bridgehead atoms. The zero-order valence-corrected chi connectivity index (χ0v) is 5.84. The molecule has 0 atom stereocenters. The van der Waals surface area contributed by atoms with Crippen molar-refractivity contribution < 1.29 is 4.79 Å². The maximum absolute atomic E-state index is 10.9. The second kappa shape index (κ2) is 3.32. The van der Waals surface area contributed by atoms with Crippen LogP contribution in [-0.4, -0.2) is 12.3 Å². The van der Waals surface area contributed by atoms with Crippen LogP contribution in [0.2, 0.25) is 0 Å². The zero-order chi connectivity index (χ0) is 7.40. The lowest BCUT2D eigenvalue weighted by Gasteiger charge is -2.02. The van der Waals surface area contributed by atoms with Crippen molar-refractivity contribution in [1.82, 2.24) is 0 Å². The summed E-state index contributed by atoms with van der Waals surface area (Å²) in [5.41, 5.74) is 5.95. The number of ketones is 1. The number of hydrogen-bond acceptors (Lipinski definition) is 2. The molecule has 0 radical (unpaired) electrons. The van der Waals surface area contributed by atoms with Gasteiger partial charge in [0.1, 0.15) is 0 Å². The Kier molecular flexibility index (Phi) is 2.40. The third kappa shape index (κ3) is 1.54. The number of allylic oxidation sites excluding steroid dienone is 3. The first-order valence-corrected chi connectivity index (χ1v) is 3.44. The molecule has 0 aromatic carbocycles. The summed E-state index contributed by atoms with van der Waals surface area (Å²) in [7, 11) is 0. The van der Waals surface area contributed by atoms with E-state index in [0.717, 1.165) is 18.4 Å². The fraction of sp³-hybridized carbons (Fsp3) is 0.375. The third-order valence-corrected chi connectivity index (χ3v) is 1.50. The van der Waals surface area contributed by atoms with E-state index in [4.69, 9.17) is 5.73 Å². The van der Waals surface area contributed by atoms with Crippen molar-refractivity contribution in [3.05, 3.63) is 23.8 Å². The molecule has 2 nitrogen and oxygen atoms in total. The van der Waals surface area contributed by atoms with E-state index in [0.29, 0.717) is 0 Å². The summed E-state index contributed by atoms with van der Waals surface area (Å²) in [6.45, 7) is 0.121. The van der Waals surface area contributed by atoms with Crippen molar-refractivity contribution in [2.75, 3.05) is 6.54 Å². The van der Waals surface area contributed by atoms with Gasteiger partial charge in [0, 0.05) is 5.57 Å². The maximum atomic E-state index is 10.9. The number of Topliss-reactive ketones (excluding diaryl/α,β-unsaturated/α-hetero) is 1. The lowest BCUT2D eigenvalue weighted by atomic mass is 10.0. The van der Waals surface area contributed by atoms with Crippen molar-refractivity contribution in [2.24, 2.45) is 5.73 Å². The number of carbonyl (C=O) groups is 1. The van der Waals surface area contributed by atoms with Gasteiger partial charge in [-0.3, -0.25) is 4.79 Å². The van der Waals surface area contributed by atoms with Crippen LogP contribution in [0.15, 0.2) is 23.8 Å². The minimum atomic E-state index is 0.0379. The van der Waals surface area contributed by atoms with Crippen LogP contribution >= 0.6 is 0 Å². The lowest BCUT2D eigenvalue weighted by molar-refractivity contribution is -0.114. The quantitative estimate of drug-likeness (QED) is 0.611. The summed E-state index contributed by atoms with van der Waals surface area (Å²) in [6.07, 6.45) is 7.80. The van der Waals surface area contributed by atoms with E-state index in [1.54, 1.807) is 0 Å². The van der Waals surface area contributed by atoms with Crippen LogP contribution in [0.25, 0.3) is 0 Å². The molecule has 10 heavy (non-hydrogen) atoms. The molecule has 0 amide bonds. The molecule has 0 unspecified atom stereocenters. The standard InChI is InChI=1S/C8H11NO/c9-6-8(10)7-4-2-1-3-5-7/h2,4-5H,1,3,6,9H2. The van der Waals surface area contributed by atoms with E-state index in [-0.39, 0.29) is 12.3 Å². The Balaban J connectivity index is 2.63. The lowest BCUT2D eigenvalue weighted by Crippen LogP contribution is -2.15. The highest BCUT2D eigenvalue weighted by atomic mass is 16.1. The van der Waals surface area contributed by atoms with Gasteiger partial charge in [-0.2, -0.15) is 0 Å². The van der Waals surface area contributed by atoms with E-state index in [1.165, 1.54) is 0 Å². The highest BCUT2D eigenvalue weighted by Crippen LogP contribution is 2.09. The molecule has 0 aliphatic heterocycles. The molecule has 0 saturated carbocycles. The molecular weight excluding hydrogens is 126 g/mol. The average molecular weight is 137 g/mol. The number of rotatable bonds is 2. The number of carbonyl (C=O) groups excluding carboxylic acids is 1. The molecule has 2 N–H and O–H groups in total. The summed E-state index contributed by atoms with van der Waals surface area (Å²) in [5, 5.41) is 0. The highest BCUT2D eigenvalue weighted by Gasteiger charge is 2.04. The molecule has 0 spiro atoms. The van der Waals surface area contributed by atoms with Gasteiger partial charge in [-0.25, -0.2) is 0 Å². The summed E-state index contributed by atoms with van der Waals surface area (Å²) in [4.78, 5) is 10.9. The monoisotopic (exact) mass is 137 g/mol. The highest BCUT2D eigenvalue weighted by molar-refractivity contribution is 5.99. The van der Waals surface area contributed by atoms with Gasteiger partial charge >= 0.3 is 0 Å². The Bertz CT molecular complexity index is 191. The van der Waals surface area contributed by atoms with E-state index in [9.17, 15) is 4.79 Å². The first kappa shape index (κ1) is 7.22. The molecule has 54 valence electrons. The van der Waals surface area contributed by atoms with Crippen LogP contribution in [-0.2, 0) is 4.79 Å². The van der Waals surface area contributed by atoms with Gasteiger partial charge in [-0.05, 0) is 12.8 Å². The Morgan fingerprint density at radius 1 is 1.60 bits per heavy atom. The Morgan fingerprint density at radius 2 is 2.40 bits per heavy atom. The van der Waals surface area contributed by atoms with Crippen molar-refractivity contribution in [1.29, 1.82) is 0 Å². The van der Waals surface area contributed by atoms with Crippen LogP contribution in [0.4, 0.5) is 0 Å². The SMILES string of the molecule is NCC(=O)C1=CCCC=C1. The summed E-state index contributed by atoms with van der Waals surface area (Å²) >= 11 is 0. The molecular formula is C8H11NO. The van der Waals surface area contributed by atoms with Gasteiger partial charge < -0.3 is 5.73 Å². The molecule has 1 rings (SSSR count). The molecule has 1 aliphatic rings. The molecule has 1 aliphatic carbocycles. The van der Waals surface area contributed by atoms with Crippen LogP contribution < -0.4 is 5.73 Å². The molecule has 0 fully saturated rings. The van der Waals surface area contributed by atoms with Crippen molar-refractivity contribution in [3.8, 4) is 0 Å². The van der Waals surface area contributed by atoms with Gasteiger partial charge in [-0.1, -0.05) is 18.2 Å². The van der Waals surface area contributed by atoms with Gasteiger partial charge in [0.05, 0.1) is 6.54 Å². The topological polar surface area (TPSA) is 43.1 Å². The van der Waals surface area contributed by atoms with E-state index >= 15 is 0 Å². The Labute approximate surface area is 60.4 Å². The van der Waals surface area contributed by atoms with Crippen molar-refractivity contribution in [3.63, 3.8) is 0 Å². The predicted octanol–water partition coefficient (Wildman–Crippen LogP) is 0.791. The fourth-order valence-corrected chi connectivity index (χ4v) is 0.938. The summed E-state index contributed by atoms with van der Waals surface area (Å²) in [6, 6.07) is 0. The first-order valence-electron chi connectivity index (χ1n) is 3.44. The van der Waals surface area contributed by atoms with Crippen molar-refractivity contribution >= 4 is 5.78 Å². The van der Waals surface area contributed by atoms with E-state index < -0.39 is 0 Å². The second-order valence-electron chi connectivity index (χ2n) is 2.27. The normalized spacial score (nSPS) is 16.7. The van der Waals surface area contributed by atoms with Gasteiger partial charge in [0.2, 0.25) is 0 Å². The number of hydrogen-bond donors (Lipinski definition) is 1. The van der Waals surface area contributed by atoms with Crippen LogP contribution in [0.1, 0.15) is 12.8 Å². The summed E-state index contributed by atoms with van der Waals surface area (Å²) < 4.78 is 0. The average Bonchev–Trinajstić information content (AvgIpc) is 2.05. The molecule has 2 heteroatoms. The summed E-state index contributed by atoms with van der Waals surface area (Å²) in [5.74, 6) is 0.0379. The molecule has 0 aromatic rings. The minimum Gasteiger partial charge on any atom is -0.324 e. The smallest absolute Gasteiger partial charge is 0.176 e. The molecule has 0 heterocycles. The zero-order valence-electron chi connectivity index (χ0n) is 5.84. The largest absolute Gasteiger partial charge is 0.324 e. The van der Waals surface area contributed by atoms with E-state index in [1.807, 2.05) is 18.2 Å². The van der Waals surface area contributed by atoms with Gasteiger partial charge in [0.15, 0.2) is 5.78 Å². The predicted molar refractivity (Wildman–Crippen MR) is 40.5 cm³/mol. The molecule has 0 aromatic heterocycles. The number of nitrogens with two attached hydrogens (primary N) is 1. The van der Waals surface area contributed by atoms with Crippen LogP contribution in [0.3, 0.4) is 0 Å². The van der Waals surface area contributed by atoms with Gasteiger partial charge in [0.25, 0.3) is 0 Å². The Hall–Kier alpha value is -0.890. The second-order valence-corrected chi connectivity index (χ2v) is 2.27. The van der Waals surface area contributed by atoms with E-state index in [2.05, 4.69) is 0 Å².